The number of hydrogen-bond donors (Lipinski definition) is 3. The Bertz CT molecular complexity index is 1090. The fourth-order valence-electron chi connectivity index (χ4n) is 3.71. The number of aliphatic hydroxyl groups excluding tert-OH is 1. The van der Waals surface area contributed by atoms with Gasteiger partial charge in [0.25, 0.3) is 0 Å². The molecule has 1 amide bonds. The second-order valence-corrected chi connectivity index (χ2v) is 7.50. The number of hydrogen-bond acceptors (Lipinski definition) is 6. The van der Waals surface area contributed by atoms with Crippen LogP contribution in [0.4, 0.5) is 5.82 Å². The number of nitrogens with two attached hydrogens (primary N) is 1. The van der Waals surface area contributed by atoms with E-state index in [4.69, 9.17) is 10.2 Å². The van der Waals surface area contributed by atoms with Crippen molar-refractivity contribution in [3.63, 3.8) is 0 Å². The minimum absolute atomic E-state index is 0.133. The van der Waals surface area contributed by atoms with Gasteiger partial charge in [0.2, 0.25) is 5.91 Å². The molecule has 30 heavy (non-hydrogen) atoms. The van der Waals surface area contributed by atoms with Crippen LogP contribution in [0.2, 0.25) is 0 Å². The molecular weight excluding hydrogens is 380 g/mol. The van der Waals surface area contributed by atoms with E-state index >= 15 is 0 Å². The molecule has 1 aromatic carbocycles. The SMILES string of the molecule is Cc1c(CN(CCN)C(=O)/C=C/c2cnc3c(c2)CCC(O)N3)oc2ccccc12. The predicted molar refractivity (Wildman–Crippen MR) is 117 cm³/mol. The van der Waals surface area contributed by atoms with Crippen LogP contribution >= 0.6 is 0 Å². The summed E-state index contributed by atoms with van der Waals surface area (Å²) in [6.45, 7) is 3.17. The van der Waals surface area contributed by atoms with Gasteiger partial charge in [0.15, 0.2) is 0 Å². The molecule has 3 aromatic rings. The number of carbonyl (C=O) groups excluding carboxylic acids is 1. The Balaban J connectivity index is 1.50. The van der Waals surface area contributed by atoms with E-state index in [0.29, 0.717) is 31.9 Å². The summed E-state index contributed by atoms with van der Waals surface area (Å²) in [5.41, 5.74) is 9.48. The number of aromatic nitrogens is 1. The first-order valence-corrected chi connectivity index (χ1v) is 10.1. The topological polar surface area (TPSA) is 105 Å². The van der Waals surface area contributed by atoms with Crippen LogP contribution in [0.25, 0.3) is 17.0 Å². The molecule has 0 saturated carbocycles. The van der Waals surface area contributed by atoms with Crippen LogP contribution in [-0.2, 0) is 17.8 Å². The Morgan fingerprint density at radius 1 is 1.43 bits per heavy atom. The third-order valence-electron chi connectivity index (χ3n) is 5.38. The van der Waals surface area contributed by atoms with E-state index in [1.165, 1.54) is 0 Å². The highest BCUT2D eigenvalue weighted by Crippen LogP contribution is 2.26. The number of rotatable bonds is 6. The first-order chi connectivity index (χ1) is 14.5. The molecule has 1 unspecified atom stereocenters. The highest BCUT2D eigenvalue weighted by atomic mass is 16.3. The van der Waals surface area contributed by atoms with Gasteiger partial charge in [0, 0.05) is 36.3 Å². The summed E-state index contributed by atoms with van der Waals surface area (Å²) in [6, 6.07) is 9.84. The molecule has 1 aliphatic rings. The monoisotopic (exact) mass is 406 g/mol. The van der Waals surface area contributed by atoms with Crippen LogP contribution < -0.4 is 11.1 Å². The summed E-state index contributed by atoms with van der Waals surface area (Å²) in [7, 11) is 0. The van der Waals surface area contributed by atoms with Crippen molar-refractivity contribution in [3.05, 3.63) is 65.1 Å². The van der Waals surface area contributed by atoms with Crippen LogP contribution in [0.15, 0.2) is 47.0 Å². The largest absolute Gasteiger partial charge is 0.459 e. The third-order valence-corrected chi connectivity index (χ3v) is 5.38. The average molecular weight is 406 g/mol. The lowest BCUT2D eigenvalue weighted by atomic mass is 10.0. The molecule has 2 aromatic heterocycles. The van der Waals surface area contributed by atoms with Crippen molar-refractivity contribution in [2.75, 3.05) is 18.4 Å². The molecular formula is C23H26N4O3. The zero-order valence-corrected chi connectivity index (χ0v) is 17.0. The Kier molecular flexibility index (Phi) is 5.83. The van der Waals surface area contributed by atoms with E-state index in [2.05, 4.69) is 10.3 Å². The lowest BCUT2D eigenvalue weighted by Crippen LogP contribution is -2.33. The first kappa shape index (κ1) is 20.1. The van der Waals surface area contributed by atoms with Crippen molar-refractivity contribution in [2.24, 2.45) is 5.73 Å². The summed E-state index contributed by atoms with van der Waals surface area (Å²) in [5.74, 6) is 1.33. The van der Waals surface area contributed by atoms with Crippen LogP contribution in [0.5, 0.6) is 0 Å². The molecule has 4 rings (SSSR count). The lowest BCUT2D eigenvalue weighted by Gasteiger charge is -2.22. The van der Waals surface area contributed by atoms with E-state index in [1.807, 2.05) is 37.3 Å². The Labute approximate surface area is 175 Å². The molecule has 1 atom stereocenters. The maximum absolute atomic E-state index is 12.8. The number of carbonyl (C=O) groups is 1. The number of benzene rings is 1. The molecule has 1 aliphatic heterocycles. The molecule has 0 saturated heterocycles. The molecule has 3 heterocycles. The number of nitrogens with one attached hydrogen (secondary N) is 1. The van der Waals surface area contributed by atoms with E-state index in [1.54, 1.807) is 23.2 Å². The number of aryl methyl sites for hydroxylation is 2. The van der Waals surface area contributed by atoms with E-state index in [-0.39, 0.29) is 5.91 Å². The average Bonchev–Trinajstić information content (AvgIpc) is 3.07. The number of fused-ring (bicyclic) bond motifs is 2. The smallest absolute Gasteiger partial charge is 0.247 e. The van der Waals surface area contributed by atoms with Gasteiger partial charge < -0.3 is 25.5 Å². The summed E-state index contributed by atoms with van der Waals surface area (Å²) in [5, 5.41) is 13.7. The predicted octanol–water partition coefficient (Wildman–Crippen LogP) is 2.81. The molecule has 0 aliphatic carbocycles. The van der Waals surface area contributed by atoms with Gasteiger partial charge in [-0.2, -0.15) is 0 Å². The Hall–Kier alpha value is -3.16. The van der Waals surface area contributed by atoms with Crippen LogP contribution in [-0.4, -0.2) is 40.2 Å². The molecule has 0 bridgehead atoms. The number of pyridine rings is 1. The van der Waals surface area contributed by atoms with Crippen molar-refractivity contribution < 1.29 is 14.3 Å². The first-order valence-electron chi connectivity index (χ1n) is 10.1. The Morgan fingerprint density at radius 2 is 2.27 bits per heavy atom. The summed E-state index contributed by atoms with van der Waals surface area (Å²) >= 11 is 0. The fraction of sp³-hybridized carbons (Fsp3) is 0.304. The quantitative estimate of drug-likeness (QED) is 0.544. The summed E-state index contributed by atoms with van der Waals surface area (Å²) < 4.78 is 5.96. The van der Waals surface area contributed by atoms with E-state index < -0.39 is 6.23 Å². The van der Waals surface area contributed by atoms with Crippen LogP contribution in [0.1, 0.15) is 28.9 Å². The van der Waals surface area contributed by atoms with Crippen molar-refractivity contribution in [1.29, 1.82) is 0 Å². The van der Waals surface area contributed by atoms with E-state index in [9.17, 15) is 9.90 Å². The number of aliphatic hydroxyl groups is 1. The number of para-hydroxylation sites is 1. The molecule has 0 spiro atoms. The maximum Gasteiger partial charge on any atom is 0.247 e. The van der Waals surface area contributed by atoms with Gasteiger partial charge in [0.1, 0.15) is 23.4 Å². The zero-order chi connectivity index (χ0) is 21.1. The summed E-state index contributed by atoms with van der Waals surface area (Å²) in [6.07, 6.45) is 5.82. The molecule has 7 nitrogen and oxygen atoms in total. The van der Waals surface area contributed by atoms with Crippen LogP contribution in [0, 0.1) is 6.92 Å². The van der Waals surface area contributed by atoms with E-state index in [0.717, 1.165) is 39.8 Å². The second-order valence-electron chi connectivity index (χ2n) is 7.50. The van der Waals surface area contributed by atoms with Gasteiger partial charge in [-0.25, -0.2) is 4.98 Å². The Morgan fingerprint density at radius 3 is 3.07 bits per heavy atom. The van der Waals surface area contributed by atoms with Crippen molar-refractivity contribution in [1.82, 2.24) is 9.88 Å². The molecule has 7 heteroatoms. The number of furan rings is 1. The highest BCUT2D eigenvalue weighted by Gasteiger charge is 2.18. The van der Waals surface area contributed by atoms with Crippen molar-refractivity contribution >= 4 is 28.8 Å². The maximum atomic E-state index is 12.8. The lowest BCUT2D eigenvalue weighted by molar-refractivity contribution is -0.126. The normalized spacial score (nSPS) is 15.9. The van der Waals surface area contributed by atoms with Gasteiger partial charge in [-0.3, -0.25) is 4.79 Å². The highest BCUT2D eigenvalue weighted by molar-refractivity contribution is 5.92. The minimum Gasteiger partial charge on any atom is -0.459 e. The molecule has 4 N–H and O–H groups in total. The van der Waals surface area contributed by atoms with Crippen LogP contribution in [0.3, 0.4) is 0 Å². The number of anilines is 1. The number of nitrogens with zero attached hydrogens (tertiary/aromatic N) is 2. The van der Waals surface area contributed by atoms with Gasteiger partial charge in [-0.15, -0.1) is 0 Å². The van der Waals surface area contributed by atoms with Gasteiger partial charge >= 0.3 is 0 Å². The molecule has 0 fully saturated rings. The molecule has 0 radical (unpaired) electrons. The van der Waals surface area contributed by atoms with Gasteiger partial charge in [-0.1, -0.05) is 18.2 Å². The van der Waals surface area contributed by atoms with Gasteiger partial charge in [-0.05, 0) is 49.1 Å². The van der Waals surface area contributed by atoms with Crippen molar-refractivity contribution in [3.8, 4) is 0 Å². The second kappa shape index (κ2) is 8.69. The minimum atomic E-state index is -0.556. The third kappa shape index (κ3) is 4.22. The fourth-order valence-corrected chi connectivity index (χ4v) is 3.71. The number of amides is 1. The zero-order valence-electron chi connectivity index (χ0n) is 17.0. The van der Waals surface area contributed by atoms with Crippen molar-refractivity contribution in [2.45, 2.75) is 32.5 Å². The van der Waals surface area contributed by atoms with Gasteiger partial charge in [0.05, 0.1) is 6.54 Å². The summed E-state index contributed by atoms with van der Waals surface area (Å²) in [4.78, 5) is 18.9. The molecule has 156 valence electrons. The standard InChI is InChI=1S/C23H26N4O3/c1-15-18-4-2-3-5-19(18)30-20(15)14-27(11-10-24)22(29)9-6-16-12-17-7-8-21(28)26-23(17)25-13-16/h2-6,9,12-13,21,28H,7-8,10-11,14,24H2,1H3,(H,25,26)/b9-6+.